The fraction of sp³-hybridized carbons (Fsp3) is 0.154. The highest BCUT2D eigenvalue weighted by Crippen LogP contribution is 2.14. The second-order valence-electron chi connectivity index (χ2n) is 4.43. The van der Waals surface area contributed by atoms with E-state index >= 15 is 0 Å². The predicted molar refractivity (Wildman–Crippen MR) is 72.9 cm³/mol. The number of aromatic nitrogens is 4. The molecule has 0 spiro atoms. The number of rotatable bonds is 3. The Bertz CT molecular complexity index is 856. The third kappa shape index (κ3) is 2.27. The van der Waals surface area contributed by atoms with E-state index in [4.69, 9.17) is 0 Å². The van der Waals surface area contributed by atoms with Crippen molar-refractivity contribution in [3.8, 4) is 0 Å². The number of hydrogen-bond acceptors (Lipinski definition) is 5. The third-order valence-electron chi connectivity index (χ3n) is 2.94. The highest BCUT2D eigenvalue weighted by atomic mass is 32.2. The van der Waals surface area contributed by atoms with E-state index in [9.17, 15) is 8.42 Å². The molecule has 0 N–H and O–H groups in total. The summed E-state index contributed by atoms with van der Waals surface area (Å²) in [6.45, 7) is 1.94. The molecule has 3 heterocycles. The SMILES string of the molecule is Cc1cccc2nc(CS(=O)(=O)c3cnccn3)cn12. The van der Waals surface area contributed by atoms with E-state index in [-0.39, 0.29) is 10.8 Å². The molecule has 3 rings (SSSR count). The van der Waals surface area contributed by atoms with Crippen LogP contribution in [-0.2, 0) is 15.6 Å². The van der Waals surface area contributed by atoms with Crippen LogP contribution in [-0.4, -0.2) is 27.8 Å². The van der Waals surface area contributed by atoms with Crippen molar-refractivity contribution >= 4 is 15.5 Å². The number of aryl methyl sites for hydroxylation is 1. The predicted octanol–water partition coefficient (Wildman–Crippen LogP) is 1.41. The number of pyridine rings is 1. The fourth-order valence-corrected chi connectivity index (χ4v) is 3.10. The maximum atomic E-state index is 12.2. The molecule has 0 aliphatic rings. The van der Waals surface area contributed by atoms with Crippen LogP contribution in [0.1, 0.15) is 11.4 Å². The van der Waals surface area contributed by atoms with E-state index in [0.717, 1.165) is 11.3 Å². The van der Waals surface area contributed by atoms with Crippen LogP contribution in [0.4, 0.5) is 0 Å². The van der Waals surface area contributed by atoms with Gasteiger partial charge in [-0.25, -0.2) is 18.4 Å². The lowest BCUT2D eigenvalue weighted by molar-refractivity contribution is 0.590. The van der Waals surface area contributed by atoms with E-state index in [1.807, 2.05) is 29.5 Å². The molecule has 20 heavy (non-hydrogen) atoms. The zero-order valence-corrected chi connectivity index (χ0v) is 11.6. The van der Waals surface area contributed by atoms with Crippen molar-refractivity contribution in [3.63, 3.8) is 0 Å². The molecule has 0 bridgehead atoms. The highest BCUT2D eigenvalue weighted by molar-refractivity contribution is 7.90. The highest BCUT2D eigenvalue weighted by Gasteiger charge is 2.19. The summed E-state index contributed by atoms with van der Waals surface area (Å²) < 4.78 is 26.3. The van der Waals surface area contributed by atoms with E-state index < -0.39 is 9.84 Å². The van der Waals surface area contributed by atoms with Crippen LogP contribution in [0.5, 0.6) is 0 Å². The minimum Gasteiger partial charge on any atom is -0.304 e. The minimum absolute atomic E-state index is 0.0335. The Morgan fingerprint density at radius 1 is 1.25 bits per heavy atom. The Balaban J connectivity index is 1.99. The molecule has 0 atom stereocenters. The number of fused-ring (bicyclic) bond motifs is 1. The monoisotopic (exact) mass is 288 g/mol. The van der Waals surface area contributed by atoms with Crippen molar-refractivity contribution in [3.05, 3.63) is 54.4 Å². The van der Waals surface area contributed by atoms with Gasteiger partial charge in [0, 0.05) is 24.3 Å². The molecule has 3 aromatic rings. The zero-order valence-electron chi connectivity index (χ0n) is 10.8. The zero-order chi connectivity index (χ0) is 14.2. The maximum Gasteiger partial charge on any atom is 0.202 e. The van der Waals surface area contributed by atoms with Crippen LogP contribution >= 0.6 is 0 Å². The quantitative estimate of drug-likeness (QED) is 0.728. The van der Waals surface area contributed by atoms with Crippen LogP contribution in [0.15, 0.2) is 48.0 Å². The summed E-state index contributed by atoms with van der Waals surface area (Å²) in [5, 5.41) is -0.0335. The van der Waals surface area contributed by atoms with Crippen LogP contribution in [0.25, 0.3) is 5.65 Å². The largest absolute Gasteiger partial charge is 0.304 e. The Morgan fingerprint density at radius 2 is 2.10 bits per heavy atom. The third-order valence-corrected chi connectivity index (χ3v) is 4.47. The van der Waals surface area contributed by atoms with Crippen molar-refractivity contribution in [2.24, 2.45) is 0 Å². The molecule has 0 fully saturated rings. The van der Waals surface area contributed by atoms with Crippen molar-refractivity contribution in [1.29, 1.82) is 0 Å². The Kier molecular flexibility index (Phi) is 2.98. The molecule has 0 unspecified atom stereocenters. The Labute approximate surface area is 116 Å². The average molecular weight is 288 g/mol. The van der Waals surface area contributed by atoms with Crippen molar-refractivity contribution in [2.45, 2.75) is 17.7 Å². The van der Waals surface area contributed by atoms with E-state index in [2.05, 4.69) is 15.0 Å². The smallest absolute Gasteiger partial charge is 0.202 e. The Hall–Kier alpha value is -2.28. The van der Waals surface area contributed by atoms with Gasteiger partial charge in [0.15, 0.2) is 5.03 Å². The van der Waals surface area contributed by atoms with Gasteiger partial charge in [0.05, 0.1) is 11.9 Å². The molecule has 0 aliphatic heterocycles. The molecule has 0 amide bonds. The first-order chi connectivity index (χ1) is 9.56. The van der Waals surface area contributed by atoms with Gasteiger partial charge in [-0.2, -0.15) is 0 Å². The molecule has 3 aromatic heterocycles. The van der Waals surface area contributed by atoms with Crippen LogP contribution < -0.4 is 0 Å². The number of sulfone groups is 1. The lowest BCUT2D eigenvalue weighted by Crippen LogP contribution is -2.07. The molecular formula is C13H12N4O2S. The van der Waals surface area contributed by atoms with Crippen molar-refractivity contribution in [1.82, 2.24) is 19.4 Å². The summed E-state index contributed by atoms with van der Waals surface area (Å²) >= 11 is 0. The van der Waals surface area contributed by atoms with Gasteiger partial charge in [-0.3, -0.25) is 4.98 Å². The van der Waals surface area contributed by atoms with Gasteiger partial charge < -0.3 is 4.40 Å². The summed E-state index contributed by atoms with van der Waals surface area (Å²) in [6.07, 6.45) is 5.78. The molecule has 0 aromatic carbocycles. The van der Waals surface area contributed by atoms with Gasteiger partial charge in [-0.15, -0.1) is 0 Å². The van der Waals surface area contributed by atoms with Gasteiger partial charge in [-0.05, 0) is 19.1 Å². The molecular weight excluding hydrogens is 276 g/mol. The first-order valence-corrected chi connectivity index (χ1v) is 7.64. The standard InChI is InChI=1S/C13H12N4O2S/c1-10-3-2-4-12-16-11(8-17(10)12)9-20(18,19)13-7-14-5-6-15-13/h2-8H,9H2,1H3. The lowest BCUT2D eigenvalue weighted by Gasteiger charge is -1.99. The minimum atomic E-state index is -3.52. The summed E-state index contributed by atoms with van der Waals surface area (Å²) in [7, 11) is -3.52. The van der Waals surface area contributed by atoms with Crippen LogP contribution in [0.2, 0.25) is 0 Å². The van der Waals surface area contributed by atoms with E-state index in [1.54, 1.807) is 6.20 Å². The number of imidazole rings is 1. The van der Waals surface area contributed by atoms with Gasteiger partial charge in [0.1, 0.15) is 11.4 Å². The molecule has 0 radical (unpaired) electrons. The molecule has 6 nitrogen and oxygen atoms in total. The molecule has 0 saturated heterocycles. The van der Waals surface area contributed by atoms with Crippen molar-refractivity contribution in [2.75, 3.05) is 0 Å². The molecule has 0 aliphatic carbocycles. The number of nitrogens with zero attached hydrogens (tertiary/aromatic N) is 4. The maximum absolute atomic E-state index is 12.2. The topological polar surface area (TPSA) is 77.2 Å². The van der Waals surface area contributed by atoms with Crippen LogP contribution in [0, 0.1) is 6.92 Å². The summed E-state index contributed by atoms with van der Waals surface area (Å²) in [4.78, 5) is 11.9. The molecule has 7 heteroatoms. The molecule has 102 valence electrons. The van der Waals surface area contributed by atoms with Gasteiger partial charge in [-0.1, -0.05) is 6.07 Å². The Morgan fingerprint density at radius 3 is 2.80 bits per heavy atom. The summed E-state index contributed by atoms with van der Waals surface area (Å²) in [6, 6.07) is 5.67. The van der Waals surface area contributed by atoms with Crippen LogP contribution in [0.3, 0.4) is 0 Å². The van der Waals surface area contributed by atoms with Gasteiger partial charge in [0.25, 0.3) is 0 Å². The first kappa shape index (κ1) is 12.7. The summed E-state index contributed by atoms with van der Waals surface area (Å²) in [5.74, 6) is -0.188. The lowest BCUT2D eigenvalue weighted by atomic mass is 10.4. The fourth-order valence-electron chi connectivity index (χ4n) is 1.98. The second-order valence-corrected chi connectivity index (χ2v) is 6.37. The van der Waals surface area contributed by atoms with Gasteiger partial charge in [0.2, 0.25) is 9.84 Å². The average Bonchev–Trinajstić information content (AvgIpc) is 2.83. The molecule has 0 saturated carbocycles. The number of hydrogen-bond donors (Lipinski definition) is 0. The van der Waals surface area contributed by atoms with E-state index in [1.165, 1.54) is 18.6 Å². The summed E-state index contributed by atoms with van der Waals surface area (Å²) in [5.41, 5.74) is 2.22. The van der Waals surface area contributed by atoms with E-state index in [0.29, 0.717) is 5.69 Å². The first-order valence-electron chi connectivity index (χ1n) is 5.99. The van der Waals surface area contributed by atoms with Gasteiger partial charge >= 0.3 is 0 Å². The second kappa shape index (κ2) is 4.68. The normalized spacial score (nSPS) is 11.8. The van der Waals surface area contributed by atoms with Crippen molar-refractivity contribution < 1.29 is 8.42 Å².